The number of esters is 1. The third kappa shape index (κ3) is 5.58. The van der Waals surface area contributed by atoms with Gasteiger partial charge in [0.1, 0.15) is 17.9 Å². The molecule has 0 spiro atoms. The second-order valence-corrected chi connectivity index (χ2v) is 7.14. The molecule has 1 atom stereocenters. The number of hydrogen-bond donors (Lipinski definition) is 2. The van der Waals surface area contributed by atoms with Crippen LogP contribution in [0.5, 0.6) is 5.75 Å². The minimum atomic E-state index is -0.815. The summed E-state index contributed by atoms with van der Waals surface area (Å²) >= 11 is 0. The van der Waals surface area contributed by atoms with Gasteiger partial charge in [-0.25, -0.2) is 4.79 Å². The number of carbonyl (C=O) groups is 1. The molecule has 2 rings (SSSR count). The highest BCUT2D eigenvalue weighted by atomic mass is 16.5. The zero-order valence-electron chi connectivity index (χ0n) is 15.8. The first-order chi connectivity index (χ1) is 12.3. The largest absolute Gasteiger partial charge is 0.488 e. The number of aliphatic hydroxyl groups excluding tert-OH is 1. The smallest absolute Gasteiger partial charge is 0.341 e. The predicted molar refractivity (Wildman–Crippen MR) is 101 cm³/mol. The molecule has 0 fully saturated rings. The molecule has 5 heteroatoms. The molecule has 1 unspecified atom stereocenters. The summed E-state index contributed by atoms with van der Waals surface area (Å²) in [6.07, 6.45) is -0.815. The lowest BCUT2D eigenvalue weighted by atomic mass is 10.0. The van der Waals surface area contributed by atoms with Crippen LogP contribution in [0, 0.1) is 0 Å². The molecule has 0 aromatic heterocycles. The normalized spacial score (nSPS) is 12.5. The molecular weight excluding hydrogens is 330 g/mol. The van der Waals surface area contributed by atoms with Crippen molar-refractivity contribution in [2.75, 3.05) is 13.7 Å². The molecule has 0 saturated carbocycles. The number of nitrogens with one attached hydrogen (secondary N) is 1. The third-order valence-corrected chi connectivity index (χ3v) is 3.86. The summed E-state index contributed by atoms with van der Waals surface area (Å²) in [5, 5.41) is 13.9. The zero-order valence-corrected chi connectivity index (χ0v) is 15.8. The molecule has 0 heterocycles. The van der Waals surface area contributed by atoms with Crippen molar-refractivity contribution < 1.29 is 19.4 Å². The van der Waals surface area contributed by atoms with Crippen LogP contribution in [-0.4, -0.2) is 30.3 Å². The van der Waals surface area contributed by atoms with E-state index in [-0.39, 0.29) is 5.54 Å². The Bertz CT molecular complexity index is 723. The quantitative estimate of drug-likeness (QED) is 0.743. The minimum Gasteiger partial charge on any atom is -0.488 e. The molecule has 2 N–H and O–H groups in total. The number of hydrogen-bond acceptors (Lipinski definition) is 5. The Hall–Kier alpha value is -2.37. The van der Waals surface area contributed by atoms with Crippen LogP contribution in [0.3, 0.4) is 0 Å². The van der Waals surface area contributed by atoms with E-state index in [0.29, 0.717) is 30.0 Å². The summed E-state index contributed by atoms with van der Waals surface area (Å²) < 4.78 is 10.8. The molecule has 2 aromatic rings. The Morgan fingerprint density at radius 2 is 1.81 bits per heavy atom. The van der Waals surface area contributed by atoms with Crippen LogP contribution >= 0.6 is 0 Å². The lowest BCUT2D eigenvalue weighted by molar-refractivity contribution is 0.0594. The lowest BCUT2D eigenvalue weighted by Gasteiger charge is -2.24. The maximum absolute atomic E-state index is 12.1. The first kappa shape index (κ1) is 19.9. The van der Waals surface area contributed by atoms with Gasteiger partial charge in [0.15, 0.2) is 0 Å². The molecule has 0 saturated heterocycles. The van der Waals surface area contributed by atoms with E-state index in [0.717, 1.165) is 5.56 Å². The molecular formula is C21H27NO4. The van der Waals surface area contributed by atoms with Gasteiger partial charge in [-0.1, -0.05) is 42.5 Å². The topological polar surface area (TPSA) is 67.8 Å². The number of para-hydroxylation sites is 1. The van der Waals surface area contributed by atoms with Crippen LogP contribution in [0.25, 0.3) is 0 Å². The van der Waals surface area contributed by atoms with Crippen molar-refractivity contribution in [3.05, 3.63) is 65.2 Å². The van der Waals surface area contributed by atoms with Crippen molar-refractivity contribution in [3.63, 3.8) is 0 Å². The lowest BCUT2D eigenvalue weighted by Crippen LogP contribution is -2.38. The minimum absolute atomic E-state index is 0.133. The van der Waals surface area contributed by atoms with E-state index in [2.05, 4.69) is 5.32 Å². The summed E-state index contributed by atoms with van der Waals surface area (Å²) in [5.41, 5.74) is 1.70. The Labute approximate surface area is 155 Å². The van der Waals surface area contributed by atoms with Crippen molar-refractivity contribution in [1.29, 1.82) is 0 Å². The molecule has 0 amide bonds. The Morgan fingerprint density at radius 1 is 1.12 bits per heavy atom. The highest BCUT2D eigenvalue weighted by molar-refractivity contribution is 5.93. The fourth-order valence-corrected chi connectivity index (χ4v) is 2.49. The first-order valence-electron chi connectivity index (χ1n) is 8.63. The standard InChI is InChI=1S/C21H27NO4/c1-21(2,3)22-13-18(23)16-11-8-12-17(20(24)25-4)19(16)26-14-15-9-6-5-7-10-15/h5-12,18,22-23H,13-14H2,1-4H3. The van der Waals surface area contributed by atoms with E-state index < -0.39 is 12.1 Å². The maximum atomic E-state index is 12.1. The summed E-state index contributed by atoms with van der Waals surface area (Å²) in [5.74, 6) is -0.141. The predicted octanol–water partition coefficient (Wildman–Crippen LogP) is 3.47. The van der Waals surface area contributed by atoms with Crippen LogP contribution in [0.2, 0.25) is 0 Å². The molecule has 0 radical (unpaired) electrons. The Kier molecular flexibility index (Phi) is 6.77. The van der Waals surface area contributed by atoms with Gasteiger partial charge in [0.05, 0.1) is 13.2 Å². The van der Waals surface area contributed by atoms with Crippen LogP contribution in [0.1, 0.15) is 48.4 Å². The average molecular weight is 357 g/mol. The van der Waals surface area contributed by atoms with Gasteiger partial charge in [-0.05, 0) is 32.4 Å². The SMILES string of the molecule is COC(=O)c1cccc(C(O)CNC(C)(C)C)c1OCc1ccccc1. The van der Waals surface area contributed by atoms with Crippen molar-refractivity contribution in [3.8, 4) is 5.75 Å². The summed E-state index contributed by atoms with van der Waals surface area (Å²) in [7, 11) is 1.33. The monoisotopic (exact) mass is 357 g/mol. The third-order valence-electron chi connectivity index (χ3n) is 3.86. The van der Waals surface area contributed by atoms with Gasteiger partial charge < -0.3 is 19.9 Å². The summed E-state index contributed by atoms with van der Waals surface area (Å²) in [6, 6.07) is 14.8. The fraction of sp³-hybridized carbons (Fsp3) is 0.381. The Morgan fingerprint density at radius 3 is 2.42 bits per heavy atom. The molecule has 0 aliphatic heterocycles. The molecule has 140 valence electrons. The van der Waals surface area contributed by atoms with E-state index in [1.165, 1.54) is 7.11 Å². The van der Waals surface area contributed by atoms with Gasteiger partial charge in [0.25, 0.3) is 0 Å². The molecule has 26 heavy (non-hydrogen) atoms. The summed E-state index contributed by atoms with van der Waals surface area (Å²) in [6.45, 7) is 6.71. The molecule has 0 aliphatic carbocycles. The highest BCUT2D eigenvalue weighted by Crippen LogP contribution is 2.31. The average Bonchev–Trinajstić information content (AvgIpc) is 2.63. The highest BCUT2D eigenvalue weighted by Gasteiger charge is 2.22. The van der Waals surface area contributed by atoms with Gasteiger partial charge in [0, 0.05) is 17.6 Å². The van der Waals surface area contributed by atoms with Gasteiger partial charge in [-0.3, -0.25) is 0 Å². The molecule has 2 aromatic carbocycles. The van der Waals surface area contributed by atoms with Crippen molar-refractivity contribution in [1.82, 2.24) is 5.32 Å². The maximum Gasteiger partial charge on any atom is 0.341 e. The number of benzene rings is 2. The van der Waals surface area contributed by atoms with Gasteiger partial charge in [-0.2, -0.15) is 0 Å². The van der Waals surface area contributed by atoms with Gasteiger partial charge >= 0.3 is 5.97 Å². The first-order valence-corrected chi connectivity index (χ1v) is 8.63. The second kappa shape index (κ2) is 8.83. The number of carbonyl (C=O) groups excluding carboxylic acids is 1. The number of methoxy groups -OCH3 is 1. The van der Waals surface area contributed by atoms with Gasteiger partial charge in [-0.15, -0.1) is 0 Å². The van der Waals surface area contributed by atoms with E-state index in [4.69, 9.17) is 9.47 Å². The van der Waals surface area contributed by atoms with E-state index in [1.54, 1.807) is 18.2 Å². The Balaban J connectivity index is 2.29. The number of ether oxygens (including phenoxy) is 2. The number of rotatable bonds is 7. The zero-order chi connectivity index (χ0) is 19.2. The van der Waals surface area contributed by atoms with E-state index in [1.807, 2.05) is 51.1 Å². The van der Waals surface area contributed by atoms with Crippen LogP contribution in [0.15, 0.2) is 48.5 Å². The van der Waals surface area contributed by atoms with Crippen LogP contribution in [-0.2, 0) is 11.3 Å². The van der Waals surface area contributed by atoms with Crippen LogP contribution < -0.4 is 10.1 Å². The molecule has 0 aliphatic rings. The van der Waals surface area contributed by atoms with Gasteiger partial charge in [0.2, 0.25) is 0 Å². The summed E-state index contributed by atoms with van der Waals surface area (Å²) in [4.78, 5) is 12.1. The van der Waals surface area contributed by atoms with Crippen LogP contribution in [0.4, 0.5) is 0 Å². The molecule has 5 nitrogen and oxygen atoms in total. The number of aliphatic hydroxyl groups is 1. The molecule has 0 bridgehead atoms. The van der Waals surface area contributed by atoms with E-state index in [9.17, 15) is 9.90 Å². The van der Waals surface area contributed by atoms with E-state index >= 15 is 0 Å². The van der Waals surface area contributed by atoms with Crippen molar-refractivity contribution in [2.45, 2.75) is 39.0 Å². The second-order valence-electron chi connectivity index (χ2n) is 7.14. The van der Waals surface area contributed by atoms with Crippen molar-refractivity contribution in [2.24, 2.45) is 0 Å². The van der Waals surface area contributed by atoms with Crippen molar-refractivity contribution >= 4 is 5.97 Å². The fourth-order valence-electron chi connectivity index (χ4n) is 2.49. The number of β-amino-alcohol motifs (C(OH)–C–C–N with tert-alkyl or cyclic N) is 1.